The number of rotatable bonds is 9. The molecule has 1 N–H and O–H groups in total. The fourth-order valence-corrected chi connectivity index (χ4v) is 4.88. The summed E-state index contributed by atoms with van der Waals surface area (Å²) in [4.78, 5) is 12.6. The molecular formula is C25H24F3N3O4S. The topological polar surface area (TPSA) is 88.1 Å². The predicted molar refractivity (Wildman–Crippen MR) is 129 cm³/mol. The highest BCUT2D eigenvalue weighted by Gasteiger charge is 2.32. The van der Waals surface area contributed by atoms with Crippen LogP contribution in [0.3, 0.4) is 0 Å². The SMILES string of the molecule is COc1ccc(S(=O)(=O)N(CC(=O)N/N=C/c2ccccc2C(F)(F)F)Cc2ccccc2)cc1C. The fraction of sp³-hybridized carbons (Fsp3) is 0.200. The van der Waals surface area contributed by atoms with Crippen molar-refractivity contribution < 1.29 is 31.1 Å². The van der Waals surface area contributed by atoms with Crippen LogP contribution in [-0.2, 0) is 27.5 Å². The number of amides is 1. The molecule has 7 nitrogen and oxygen atoms in total. The lowest BCUT2D eigenvalue weighted by molar-refractivity contribution is -0.137. The number of sulfonamides is 1. The fourth-order valence-electron chi connectivity index (χ4n) is 3.41. The molecule has 0 fully saturated rings. The van der Waals surface area contributed by atoms with E-state index in [1.165, 1.54) is 43.5 Å². The van der Waals surface area contributed by atoms with Crippen LogP contribution >= 0.6 is 0 Å². The van der Waals surface area contributed by atoms with Gasteiger partial charge in [0.2, 0.25) is 10.0 Å². The molecular weight excluding hydrogens is 495 g/mol. The Balaban J connectivity index is 1.83. The normalized spacial score (nSPS) is 12.2. The van der Waals surface area contributed by atoms with E-state index < -0.39 is 34.2 Å². The van der Waals surface area contributed by atoms with Crippen LogP contribution in [0.4, 0.5) is 13.2 Å². The van der Waals surface area contributed by atoms with Crippen molar-refractivity contribution in [3.63, 3.8) is 0 Å². The van der Waals surface area contributed by atoms with E-state index in [0.717, 1.165) is 16.6 Å². The lowest BCUT2D eigenvalue weighted by Gasteiger charge is -2.22. The van der Waals surface area contributed by atoms with Crippen molar-refractivity contribution in [3.8, 4) is 5.75 Å². The first-order valence-electron chi connectivity index (χ1n) is 10.7. The number of halogens is 3. The number of carbonyl (C=O) groups excluding carboxylic acids is 1. The molecule has 0 bridgehead atoms. The molecule has 1 amide bonds. The van der Waals surface area contributed by atoms with Gasteiger partial charge in [0.15, 0.2) is 0 Å². The number of carbonyl (C=O) groups is 1. The molecule has 0 saturated heterocycles. The predicted octanol–water partition coefficient (Wildman–Crippen LogP) is 4.36. The molecule has 3 aromatic carbocycles. The summed E-state index contributed by atoms with van der Waals surface area (Å²) < 4.78 is 72.4. The lowest BCUT2D eigenvalue weighted by Crippen LogP contribution is -2.39. The number of nitrogens with zero attached hydrogens (tertiary/aromatic N) is 2. The third-order valence-electron chi connectivity index (χ3n) is 5.18. The average molecular weight is 520 g/mol. The van der Waals surface area contributed by atoms with Crippen molar-refractivity contribution in [3.05, 3.63) is 95.1 Å². The van der Waals surface area contributed by atoms with E-state index in [-0.39, 0.29) is 17.0 Å². The average Bonchev–Trinajstić information content (AvgIpc) is 2.84. The maximum Gasteiger partial charge on any atom is 0.417 e. The minimum atomic E-state index is -4.59. The van der Waals surface area contributed by atoms with E-state index in [1.54, 1.807) is 37.3 Å². The van der Waals surface area contributed by atoms with Gasteiger partial charge < -0.3 is 4.74 Å². The van der Waals surface area contributed by atoms with Gasteiger partial charge in [-0.15, -0.1) is 0 Å². The Morgan fingerprint density at radius 1 is 1.06 bits per heavy atom. The maximum absolute atomic E-state index is 13.4. The van der Waals surface area contributed by atoms with Gasteiger partial charge >= 0.3 is 6.18 Å². The highest BCUT2D eigenvalue weighted by atomic mass is 32.2. The highest BCUT2D eigenvalue weighted by Crippen LogP contribution is 2.31. The molecule has 0 heterocycles. The number of methoxy groups -OCH3 is 1. The first-order valence-corrected chi connectivity index (χ1v) is 12.1. The van der Waals surface area contributed by atoms with Gasteiger partial charge in [0, 0.05) is 12.1 Å². The molecule has 0 aliphatic carbocycles. The Kier molecular flexibility index (Phi) is 8.49. The van der Waals surface area contributed by atoms with E-state index in [9.17, 15) is 26.4 Å². The van der Waals surface area contributed by atoms with Gasteiger partial charge in [-0.05, 0) is 42.3 Å². The van der Waals surface area contributed by atoms with Gasteiger partial charge in [-0.25, -0.2) is 13.8 Å². The third kappa shape index (κ3) is 6.70. The van der Waals surface area contributed by atoms with Crippen molar-refractivity contribution in [2.45, 2.75) is 24.5 Å². The number of hydrogen-bond acceptors (Lipinski definition) is 5. The summed E-state index contributed by atoms with van der Waals surface area (Å²) in [5.74, 6) is -0.310. The summed E-state index contributed by atoms with van der Waals surface area (Å²) >= 11 is 0. The zero-order chi connectivity index (χ0) is 26.3. The van der Waals surface area contributed by atoms with Crippen LogP contribution < -0.4 is 10.2 Å². The number of ether oxygens (including phenoxy) is 1. The molecule has 0 aliphatic heterocycles. The van der Waals surface area contributed by atoms with E-state index in [4.69, 9.17) is 4.74 Å². The second kappa shape index (κ2) is 11.4. The number of hydrogen-bond donors (Lipinski definition) is 1. The lowest BCUT2D eigenvalue weighted by atomic mass is 10.1. The second-order valence-electron chi connectivity index (χ2n) is 7.77. The van der Waals surface area contributed by atoms with Crippen LogP contribution in [0.5, 0.6) is 5.75 Å². The maximum atomic E-state index is 13.4. The summed E-state index contributed by atoms with van der Waals surface area (Å²) in [5, 5.41) is 3.60. The molecule has 0 atom stereocenters. The molecule has 0 radical (unpaired) electrons. The van der Waals surface area contributed by atoms with Crippen molar-refractivity contribution in [1.29, 1.82) is 0 Å². The molecule has 0 aliphatic rings. The van der Waals surface area contributed by atoms with Crippen molar-refractivity contribution >= 4 is 22.1 Å². The number of nitrogens with one attached hydrogen (secondary N) is 1. The van der Waals surface area contributed by atoms with Gasteiger partial charge in [0.1, 0.15) is 5.75 Å². The van der Waals surface area contributed by atoms with E-state index in [1.807, 2.05) is 0 Å². The number of hydrazone groups is 1. The summed E-state index contributed by atoms with van der Waals surface area (Å²) in [5.41, 5.74) is 2.20. The highest BCUT2D eigenvalue weighted by molar-refractivity contribution is 7.89. The van der Waals surface area contributed by atoms with Gasteiger partial charge in [-0.3, -0.25) is 4.79 Å². The summed E-state index contributed by atoms with van der Waals surface area (Å²) in [7, 11) is -2.66. The summed E-state index contributed by atoms with van der Waals surface area (Å²) in [6, 6.07) is 17.8. The standard InChI is InChI=1S/C25H24F3N3O4S/c1-18-14-21(12-13-23(18)35-2)36(33,34)31(16-19-8-4-3-5-9-19)17-24(32)30-29-15-20-10-6-7-11-22(20)25(26,27)28/h3-15H,16-17H2,1-2H3,(H,30,32)/b29-15+. The van der Waals surface area contributed by atoms with Crippen molar-refractivity contribution in [2.75, 3.05) is 13.7 Å². The molecule has 3 aromatic rings. The van der Waals surface area contributed by atoms with Gasteiger partial charge in [0.05, 0.1) is 30.3 Å². The number of alkyl halides is 3. The minimum Gasteiger partial charge on any atom is -0.496 e. The van der Waals surface area contributed by atoms with Gasteiger partial charge in [-0.1, -0.05) is 48.5 Å². The van der Waals surface area contributed by atoms with Crippen LogP contribution in [0, 0.1) is 6.92 Å². The van der Waals surface area contributed by atoms with Crippen LogP contribution in [0.25, 0.3) is 0 Å². The molecule has 0 saturated carbocycles. The number of aryl methyl sites for hydroxylation is 1. The molecule has 190 valence electrons. The van der Waals surface area contributed by atoms with Crippen LogP contribution in [-0.4, -0.2) is 38.5 Å². The quantitative estimate of drug-likeness (QED) is 0.336. The van der Waals surface area contributed by atoms with E-state index in [2.05, 4.69) is 10.5 Å². The smallest absolute Gasteiger partial charge is 0.417 e. The Morgan fingerprint density at radius 3 is 2.36 bits per heavy atom. The third-order valence-corrected chi connectivity index (χ3v) is 6.97. The first-order chi connectivity index (χ1) is 17.0. The Morgan fingerprint density at radius 2 is 1.72 bits per heavy atom. The van der Waals surface area contributed by atoms with Crippen LogP contribution in [0.1, 0.15) is 22.3 Å². The Labute approximate surface area is 207 Å². The second-order valence-corrected chi connectivity index (χ2v) is 9.71. The van der Waals surface area contributed by atoms with E-state index in [0.29, 0.717) is 16.9 Å². The first kappa shape index (κ1) is 26.9. The summed E-state index contributed by atoms with van der Waals surface area (Å²) in [6.07, 6.45) is -3.73. The molecule has 3 rings (SSSR count). The van der Waals surface area contributed by atoms with Crippen molar-refractivity contribution in [2.24, 2.45) is 5.10 Å². The van der Waals surface area contributed by atoms with Crippen LogP contribution in [0.15, 0.2) is 82.8 Å². The zero-order valence-electron chi connectivity index (χ0n) is 19.5. The molecule has 0 unspecified atom stereocenters. The molecule has 0 aromatic heterocycles. The minimum absolute atomic E-state index is 0.0351. The monoisotopic (exact) mass is 519 g/mol. The zero-order valence-corrected chi connectivity index (χ0v) is 20.3. The van der Waals surface area contributed by atoms with Crippen LogP contribution in [0.2, 0.25) is 0 Å². The Bertz CT molecular complexity index is 1340. The largest absolute Gasteiger partial charge is 0.496 e. The number of benzene rings is 3. The molecule has 0 spiro atoms. The van der Waals surface area contributed by atoms with E-state index >= 15 is 0 Å². The summed E-state index contributed by atoms with van der Waals surface area (Å²) in [6.45, 7) is 0.975. The van der Waals surface area contributed by atoms with Gasteiger partial charge in [-0.2, -0.15) is 22.6 Å². The molecule has 36 heavy (non-hydrogen) atoms. The van der Waals surface area contributed by atoms with Crippen molar-refractivity contribution in [1.82, 2.24) is 9.73 Å². The van der Waals surface area contributed by atoms with Gasteiger partial charge in [0.25, 0.3) is 5.91 Å². The molecule has 11 heteroatoms. The Hall–Kier alpha value is -3.70.